The molecule has 1 atom stereocenters. The lowest BCUT2D eigenvalue weighted by molar-refractivity contribution is -0.167. The van der Waals surface area contributed by atoms with Gasteiger partial charge < -0.3 is 14.2 Å². The number of allylic oxidation sites excluding steroid dienone is 18. The van der Waals surface area contributed by atoms with Gasteiger partial charge in [0.25, 0.3) is 0 Å². The van der Waals surface area contributed by atoms with E-state index < -0.39 is 6.10 Å². The Morgan fingerprint density at radius 2 is 0.629 bits per heavy atom. The van der Waals surface area contributed by atoms with Gasteiger partial charge in [0, 0.05) is 19.3 Å². The van der Waals surface area contributed by atoms with Crippen LogP contribution in [0.1, 0.15) is 207 Å². The van der Waals surface area contributed by atoms with E-state index in [0.717, 1.165) is 154 Å². The first kappa shape index (κ1) is 58.1. The van der Waals surface area contributed by atoms with Crippen LogP contribution in [0.5, 0.6) is 0 Å². The minimum Gasteiger partial charge on any atom is -0.462 e. The van der Waals surface area contributed by atoms with Crippen molar-refractivity contribution < 1.29 is 28.6 Å². The van der Waals surface area contributed by atoms with E-state index in [9.17, 15) is 14.4 Å². The fourth-order valence-electron chi connectivity index (χ4n) is 6.31. The maximum Gasteiger partial charge on any atom is 0.306 e. The second-order valence-electron chi connectivity index (χ2n) is 16.0. The molecule has 0 saturated heterocycles. The third kappa shape index (κ3) is 47.1. The normalized spacial score (nSPS) is 13.0. The molecule has 6 heteroatoms. The highest BCUT2D eigenvalue weighted by molar-refractivity contribution is 5.71. The number of unbranched alkanes of at least 4 members (excludes halogenated alkanes) is 14. The van der Waals surface area contributed by atoms with Gasteiger partial charge in [0.1, 0.15) is 13.2 Å². The molecule has 350 valence electrons. The van der Waals surface area contributed by atoms with Crippen molar-refractivity contribution >= 4 is 17.9 Å². The van der Waals surface area contributed by atoms with Crippen LogP contribution in [0.3, 0.4) is 0 Å². The summed E-state index contributed by atoms with van der Waals surface area (Å²) in [6.45, 7) is 6.28. The van der Waals surface area contributed by atoms with Gasteiger partial charge >= 0.3 is 17.9 Å². The summed E-state index contributed by atoms with van der Waals surface area (Å²) in [5.41, 5.74) is 0. The van der Waals surface area contributed by atoms with Gasteiger partial charge in [-0.15, -0.1) is 0 Å². The van der Waals surface area contributed by atoms with Crippen LogP contribution in [-0.4, -0.2) is 37.2 Å². The molecule has 0 bridgehead atoms. The molecule has 0 rings (SSSR count). The molecule has 0 aromatic rings. The molecule has 0 radical (unpaired) electrons. The average molecular weight is 859 g/mol. The standard InChI is InChI=1S/C56H90O6/c1-4-7-10-13-16-19-22-24-26-27-28-29-31-32-34-37-40-43-46-49-55(58)61-52-53(51-60-54(57)48-45-42-39-36-21-18-15-12-9-6-3)62-56(59)50-47-44-41-38-35-33-30-25-23-20-17-14-11-8-5-2/h7-8,10-12,15-17,19-20,24-26,28-30,32,34,53H,4-6,9,13-14,18,21-23,27,31,33,35-52H2,1-3H3/b10-7-,11-8-,15-12-,19-16-,20-17-,26-24-,29-28-,30-25-,34-32-. The maximum atomic E-state index is 12.8. The van der Waals surface area contributed by atoms with E-state index >= 15 is 0 Å². The SMILES string of the molecule is CC/C=C\C/C=C\C/C=C\C/C=C\C/C=C\CCCCCC(=O)OCC(COC(=O)CCCCCCC/C=C\CCC)OC(=O)CCCCCCC/C=C\C/C=C\C/C=C\CC. The highest BCUT2D eigenvalue weighted by Crippen LogP contribution is 2.12. The Hall–Kier alpha value is -3.93. The van der Waals surface area contributed by atoms with Crippen molar-refractivity contribution in [1.29, 1.82) is 0 Å². The van der Waals surface area contributed by atoms with Gasteiger partial charge in [0.2, 0.25) is 0 Å². The highest BCUT2D eigenvalue weighted by Gasteiger charge is 2.19. The largest absolute Gasteiger partial charge is 0.462 e. The van der Waals surface area contributed by atoms with Crippen molar-refractivity contribution in [2.24, 2.45) is 0 Å². The van der Waals surface area contributed by atoms with Gasteiger partial charge in [-0.05, 0) is 116 Å². The number of rotatable bonds is 43. The topological polar surface area (TPSA) is 78.9 Å². The second-order valence-corrected chi connectivity index (χ2v) is 16.0. The summed E-state index contributed by atoms with van der Waals surface area (Å²) >= 11 is 0. The first-order valence-electron chi connectivity index (χ1n) is 24.9. The van der Waals surface area contributed by atoms with Crippen LogP contribution in [0.4, 0.5) is 0 Å². The van der Waals surface area contributed by atoms with Crippen LogP contribution in [0.2, 0.25) is 0 Å². The summed E-state index contributed by atoms with van der Waals surface area (Å²) in [5, 5.41) is 0. The Balaban J connectivity index is 4.47. The van der Waals surface area contributed by atoms with Crippen LogP contribution in [-0.2, 0) is 28.6 Å². The number of carbonyl (C=O) groups excluding carboxylic acids is 3. The Labute approximate surface area is 380 Å². The quantitative estimate of drug-likeness (QED) is 0.0263. The molecule has 0 spiro atoms. The molecule has 6 nitrogen and oxygen atoms in total. The Morgan fingerprint density at radius 1 is 0.339 bits per heavy atom. The molecular formula is C56H90O6. The maximum absolute atomic E-state index is 12.8. The van der Waals surface area contributed by atoms with Crippen LogP contribution in [0.25, 0.3) is 0 Å². The van der Waals surface area contributed by atoms with Crippen LogP contribution in [0.15, 0.2) is 109 Å². The molecule has 0 fully saturated rings. The molecule has 62 heavy (non-hydrogen) atoms. The van der Waals surface area contributed by atoms with Crippen LogP contribution < -0.4 is 0 Å². The molecule has 0 N–H and O–H groups in total. The van der Waals surface area contributed by atoms with Crippen molar-refractivity contribution in [3.05, 3.63) is 109 Å². The van der Waals surface area contributed by atoms with E-state index in [1.807, 2.05) is 0 Å². The second kappa shape index (κ2) is 49.7. The molecular weight excluding hydrogens is 769 g/mol. The van der Waals surface area contributed by atoms with E-state index in [-0.39, 0.29) is 31.1 Å². The number of carbonyl (C=O) groups is 3. The summed E-state index contributed by atoms with van der Waals surface area (Å²) in [5.74, 6) is -0.972. The zero-order chi connectivity index (χ0) is 45.1. The van der Waals surface area contributed by atoms with Crippen molar-refractivity contribution in [3.63, 3.8) is 0 Å². The van der Waals surface area contributed by atoms with E-state index in [1.165, 1.54) is 12.8 Å². The lowest BCUT2D eigenvalue weighted by Crippen LogP contribution is -2.30. The van der Waals surface area contributed by atoms with Gasteiger partial charge in [-0.1, -0.05) is 182 Å². The third-order valence-electron chi connectivity index (χ3n) is 9.97. The fourth-order valence-corrected chi connectivity index (χ4v) is 6.31. The zero-order valence-corrected chi connectivity index (χ0v) is 39.8. The van der Waals surface area contributed by atoms with Gasteiger partial charge in [0.15, 0.2) is 6.10 Å². The van der Waals surface area contributed by atoms with E-state index in [1.54, 1.807) is 0 Å². The lowest BCUT2D eigenvalue weighted by atomic mass is 10.1. The zero-order valence-electron chi connectivity index (χ0n) is 39.8. The molecule has 0 aliphatic carbocycles. The molecule has 0 saturated carbocycles. The highest BCUT2D eigenvalue weighted by atomic mass is 16.6. The molecule has 0 aromatic heterocycles. The monoisotopic (exact) mass is 859 g/mol. The van der Waals surface area contributed by atoms with Gasteiger partial charge in [0.05, 0.1) is 0 Å². The van der Waals surface area contributed by atoms with Crippen LogP contribution >= 0.6 is 0 Å². The molecule has 0 aliphatic rings. The molecule has 0 amide bonds. The predicted octanol–water partition coefficient (Wildman–Crippen LogP) is 16.4. The summed E-state index contributed by atoms with van der Waals surface area (Å²) in [7, 11) is 0. The fraction of sp³-hybridized carbons (Fsp3) is 0.625. The minimum atomic E-state index is -0.805. The molecule has 0 heterocycles. The number of esters is 3. The predicted molar refractivity (Wildman–Crippen MR) is 265 cm³/mol. The van der Waals surface area contributed by atoms with E-state index in [4.69, 9.17) is 14.2 Å². The van der Waals surface area contributed by atoms with Crippen molar-refractivity contribution in [2.75, 3.05) is 13.2 Å². The van der Waals surface area contributed by atoms with Gasteiger partial charge in [-0.2, -0.15) is 0 Å². The van der Waals surface area contributed by atoms with Gasteiger partial charge in [-0.3, -0.25) is 14.4 Å². The van der Waals surface area contributed by atoms with Crippen molar-refractivity contribution in [1.82, 2.24) is 0 Å². The van der Waals surface area contributed by atoms with E-state index in [2.05, 4.69) is 130 Å². The summed E-state index contributed by atoms with van der Waals surface area (Å²) < 4.78 is 16.7. The van der Waals surface area contributed by atoms with Crippen molar-refractivity contribution in [3.8, 4) is 0 Å². The molecule has 0 aliphatic heterocycles. The van der Waals surface area contributed by atoms with Gasteiger partial charge in [-0.25, -0.2) is 0 Å². The molecule has 1 unspecified atom stereocenters. The smallest absolute Gasteiger partial charge is 0.306 e. The minimum absolute atomic E-state index is 0.103. The Morgan fingerprint density at radius 3 is 1.02 bits per heavy atom. The number of hydrogen-bond acceptors (Lipinski definition) is 6. The Bertz CT molecular complexity index is 1310. The lowest BCUT2D eigenvalue weighted by Gasteiger charge is -2.18. The summed E-state index contributed by atoms with van der Waals surface area (Å²) in [6, 6.07) is 0. The third-order valence-corrected chi connectivity index (χ3v) is 9.97. The van der Waals surface area contributed by atoms with E-state index in [0.29, 0.717) is 19.3 Å². The average Bonchev–Trinajstić information content (AvgIpc) is 3.27. The number of ether oxygens (including phenoxy) is 3. The summed E-state index contributed by atoms with van der Waals surface area (Å²) in [4.78, 5) is 37.9. The van der Waals surface area contributed by atoms with Crippen LogP contribution in [0, 0.1) is 0 Å². The number of hydrogen-bond donors (Lipinski definition) is 0. The molecule has 0 aromatic carbocycles. The Kier molecular flexibility index (Phi) is 46.6. The first-order chi connectivity index (χ1) is 30.5. The van der Waals surface area contributed by atoms with Crippen molar-refractivity contribution in [2.45, 2.75) is 213 Å². The summed E-state index contributed by atoms with van der Waals surface area (Å²) in [6.07, 6.45) is 66.4. The first-order valence-corrected chi connectivity index (χ1v) is 24.9.